The second-order valence-electron chi connectivity index (χ2n) is 7.08. The summed E-state index contributed by atoms with van der Waals surface area (Å²) in [5.74, 6) is 0.485. The van der Waals surface area contributed by atoms with Crippen molar-refractivity contribution in [2.75, 3.05) is 44.4 Å². The molecule has 28 heavy (non-hydrogen) atoms. The van der Waals surface area contributed by atoms with Gasteiger partial charge in [-0.25, -0.2) is 4.68 Å². The van der Waals surface area contributed by atoms with Crippen molar-refractivity contribution in [3.63, 3.8) is 0 Å². The number of nitrogens with one attached hydrogen (secondary N) is 1. The van der Waals surface area contributed by atoms with Crippen LogP contribution in [-0.2, 0) is 9.59 Å². The second kappa shape index (κ2) is 9.25. The number of rotatable bonds is 8. The summed E-state index contributed by atoms with van der Waals surface area (Å²) >= 11 is 1.52. The Bertz CT molecular complexity index is 835. The number of aromatic nitrogens is 2. The lowest BCUT2D eigenvalue weighted by atomic mass is 10.2. The van der Waals surface area contributed by atoms with E-state index in [2.05, 4.69) is 10.4 Å². The van der Waals surface area contributed by atoms with Gasteiger partial charge in [0, 0.05) is 26.1 Å². The van der Waals surface area contributed by atoms with Crippen molar-refractivity contribution >= 4 is 29.3 Å². The number of anilines is 1. The zero-order valence-electron chi connectivity index (χ0n) is 16.6. The predicted molar refractivity (Wildman–Crippen MR) is 112 cm³/mol. The number of benzene rings is 1. The fourth-order valence-corrected chi connectivity index (χ4v) is 4.24. The molecule has 3 rings (SSSR count). The minimum atomic E-state index is 0.0256. The largest absolute Gasteiger partial charge is 0.355 e. The van der Waals surface area contributed by atoms with Crippen LogP contribution in [-0.4, -0.2) is 66.0 Å². The van der Waals surface area contributed by atoms with Crippen LogP contribution in [0.15, 0.2) is 35.4 Å². The molecule has 0 unspecified atom stereocenters. The quantitative estimate of drug-likeness (QED) is 0.733. The zero-order chi connectivity index (χ0) is 20.1. The third-order valence-electron chi connectivity index (χ3n) is 4.56. The fraction of sp³-hybridized carbons (Fsp3) is 0.450. The predicted octanol–water partition coefficient (Wildman–Crippen LogP) is 2.08. The SMILES string of the molecule is Cc1nn(-c2ccccc2)c2c1N(CCCC(=O)NCCN(C)C)C(=O)CS2. The monoisotopic (exact) mass is 401 g/mol. The van der Waals surface area contributed by atoms with Gasteiger partial charge in [0.25, 0.3) is 0 Å². The highest BCUT2D eigenvalue weighted by Crippen LogP contribution is 2.39. The fourth-order valence-electron chi connectivity index (χ4n) is 3.16. The molecule has 2 aromatic rings. The van der Waals surface area contributed by atoms with Crippen LogP contribution in [0.5, 0.6) is 0 Å². The third kappa shape index (κ3) is 4.74. The van der Waals surface area contributed by atoms with Gasteiger partial charge in [0.05, 0.1) is 22.8 Å². The van der Waals surface area contributed by atoms with E-state index in [4.69, 9.17) is 0 Å². The lowest BCUT2D eigenvalue weighted by Gasteiger charge is -2.27. The Hall–Kier alpha value is -2.32. The molecule has 2 amide bonds. The summed E-state index contributed by atoms with van der Waals surface area (Å²) in [7, 11) is 3.95. The van der Waals surface area contributed by atoms with E-state index in [1.807, 2.05) is 60.9 Å². The summed E-state index contributed by atoms with van der Waals surface area (Å²) in [5, 5.41) is 8.56. The molecule has 0 bridgehead atoms. The molecule has 150 valence electrons. The van der Waals surface area contributed by atoms with Gasteiger partial charge >= 0.3 is 0 Å². The molecule has 1 aromatic heterocycles. The highest BCUT2D eigenvalue weighted by atomic mass is 32.2. The maximum atomic E-state index is 12.5. The normalized spacial score (nSPS) is 13.7. The molecule has 1 aliphatic heterocycles. The van der Waals surface area contributed by atoms with Gasteiger partial charge in [0.2, 0.25) is 11.8 Å². The van der Waals surface area contributed by atoms with Crippen LogP contribution in [0.25, 0.3) is 5.69 Å². The molecule has 0 spiro atoms. The number of hydrogen-bond acceptors (Lipinski definition) is 5. The Labute approximate surface area is 170 Å². The number of amides is 2. The van der Waals surface area contributed by atoms with Crippen LogP contribution in [0.2, 0.25) is 0 Å². The van der Waals surface area contributed by atoms with Gasteiger partial charge in [-0.3, -0.25) is 9.59 Å². The number of hydrogen-bond donors (Lipinski definition) is 1. The van der Waals surface area contributed by atoms with E-state index in [1.165, 1.54) is 11.8 Å². The molecule has 0 saturated heterocycles. The number of thioether (sulfide) groups is 1. The number of aryl methyl sites for hydroxylation is 1. The Morgan fingerprint density at radius 3 is 2.75 bits per heavy atom. The molecule has 8 heteroatoms. The first-order valence-corrected chi connectivity index (χ1v) is 10.5. The number of carbonyl (C=O) groups excluding carboxylic acids is 2. The summed E-state index contributed by atoms with van der Waals surface area (Å²) in [6, 6.07) is 9.94. The van der Waals surface area contributed by atoms with E-state index >= 15 is 0 Å². The maximum absolute atomic E-state index is 12.5. The zero-order valence-corrected chi connectivity index (χ0v) is 17.5. The first kappa shape index (κ1) is 20.4. The highest BCUT2D eigenvalue weighted by molar-refractivity contribution is 8.00. The van der Waals surface area contributed by atoms with Crippen molar-refractivity contribution in [3.8, 4) is 5.69 Å². The topological polar surface area (TPSA) is 70.5 Å². The molecule has 0 atom stereocenters. The lowest BCUT2D eigenvalue weighted by molar-refractivity contribution is -0.121. The average Bonchev–Trinajstić information content (AvgIpc) is 3.01. The minimum absolute atomic E-state index is 0.0256. The molecule has 0 saturated carbocycles. The van der Waals surface area contributed by atoms with Crippen LogP contribution in [0, 0.1) is 6.92 Å². The summed E-state index contributed by atoms with van der Waals surface area (Å²) in [4.78, 5) is 28.4. The summed E-state index contributed by atoms with van der Waals surface area (Å²) in [6.45, 7) is 3.90. The van der Waals surface area contributed by atoms with Crippen molar-refractivity contribution in [1.29, 1.82) is 0 Å². The van der Waals surface area contributed by atoms with Gasteiger partial charge in [-0.05, 0) is 39.6 Å². The molecule has 2 heterocycles. The molecule has 0 fully saturated rings. The first-order chi connectivity index (χ1) is 13.5. The smallest absolute Gasteiger partial charge is 0.237 e. The van der Waals surface area contributed by atoms with Crippen LogP contribution in [0.1, 0.15) is 18.5 Å². The van der Waals surface area contributed by atoms with Gasteiger partial charge in [-0.2, -0.15) is 5.10 Å². The van der Waals surface area contributed by atoms with Crippen LogP contribution < -0.4 is 10.2 Å². The summed E-state index contributed by atoms with van der Waals surface area (Å²) in [5.41, 5.74) is 2.68. The number of nitrogens with zero attached hydrogens (tertiary/aromatic N) is 4. The molecular formula is C20H27N5O2S. The first-order valence-electron chi connectivity index (χ1n) is 9.47. The van der Waals surface area contributed by atoms with Gasteiger partial charge in [0.15, 0.2) is 0 Å². The molecule has 1 aromatic carbocycles. The van der Waals surface area contributed by atoms with E-state index < -0.39 is 0 Å². The number of para-hydroxylation sites is 1. The average molecular weight is 402 g/mol. The minimum Gasteiger partial charge on any atom is -0.355 e. The maximum Gasteiger partial charge on any atom is 0.237 e. The van der Waals surface area contributed by atoms with E-state index in [0.717, 1.165) is 28.6 Å². The molecule has 7 nitrogen and oxygen atoms in total. The van der Waals surface area contributed by atoms with E-state index in [1.54, 1.807) is 4.90 Å². The van der Waals surface area contributed by atoms with Crippen molar-refractivity contribution in [1.82, 2.24) is 20.0 Å². The van der Waals surface area contributed by atoms with Crippen LogP contribution in [0.3, 0.4) is 0 Å². The van der Waals surface area contributed by atoms with E-state index in [0.29, 0.717) is 31.7 Å². The summed E-state index contributed by atoms with van der Waals surface area (Å²) < 4.78 is 1.91. The summed E-state index contributed by atoms with van der Waals surface area (Å²) in [6.07, 6.45) is 1.03. The Morgan fingerprint density at radius 1 is 1.29 bits per heavy atom. The number of carbonyl (C=O) groups is 2. The number of fused-ring (bicyclic) bond motifs is 1. The van der Waals surface area contributed by atoms with Gasteiger partial charge in [0.1, 0.15) is 5.03 Å². The van der Waals surface area contributed by atoms with Crippen molar-refractivity contribution in [2.45, 2.75) is 24.8 Å². The van der Waals surface area contributed by atoms with Gasteiger partial charge in [-0.15, -0.1) is 0 Å². The van der Waals surface area contributed by atoms with Gasteiger partial charge in [-0.1, -0.05) is 30.0 Å². The molecular weight excluding hydrogens is 374 g/mol. The Morgan fingerprint density at radius 2 is 2.04 bits per heavy atom. The van der Waals surface area contributed by atoms with Crippen molar-refractivity contribution in [2.24, 2.45) is 0 Å². The second-order valence-corrected chi connectivity index (χ2v) is 8.04. The van der Waals surface area contributed by atoms with Crippen LogP contribution in [0.4, 0.5) is 5.69 Å². The number of likely N-dealkylation sites (N-methyl/N-ethyl adjacent to an activating group) is 1. The Kier molecular flexibility index (Phi) is 6.74. The molecule has 1 aliphatic rings. The Balaban J connectivity index is 1.67. The molecule has 0 aliphatic carbocycles. The third-order valence-corrected chi connectivity index (χ3v) is 5.59. The van der Waals surface area contributed by atoms with E-state index in [9.17, 15) is 9.59 Å². The van der Waals surface area contributed by atoms with Gasteiger partial charge < -0.3 is 15.1 Å². The lowest BCUT2D eigenvalue weighted by Crippen LogP contribution is -2.37. The molecule has 1 N–H and O–H groups in total. The highest BCUT2D eigenvalue weighted by Gasteiger charge is 2.31. The van der Waals surface area contributed by atoms with Crippen molar-refractivity contribution < 1.29 is 9.59 Å². The standard InChI is InChI=1S/C20H27N5O2S/c1-15-19-20(25(22-15)16-8-5-4-6-9-16)28-14-18(27)24(19)12-7-10-17(26)21-11-13-23(2)3/h4-6,8-9H,7,10-14H2,1-3H3,(H,21,26). The molecule has 0 radical (unpaired) electrons. The van der Waals surface area contributed by atoms with Crippen molar-refractivity contribution in [3.05, 3.63) is 36.0 Å². The van der Waals surface area contributed by atoms with Crippen LogP contribution >= 0.6 is 11.8 Å². The van der Waals surface area contributed by atoms with E-state index in [-0.39, 0.29) is 11.8 Å².